The number of likely N-dealkylation sites (tertiary alicyclic amines) is 1. The lowest BCUT2D eigenvalue weighted by molar-refractivity contribution is -0.138. The number of aliphatic carboxylic acids is 1. The topological polar surface area (TPSA) is 66.6 Å². The molecular weight excluding hydrogens is 206 g/mol. The fraction of sp³-hybridized carbons (Fsp3) is 0.889. The number of piperidine rings is 1. The summed E-state index contributed by atoms with van der Waals surface area (Å²) >= 11 is 0. The average molecular weight is 222 g/mol. The predicted octanol–water partition coefficient (Wildman–Crippen LogP) is 0.520. The molecule has 0 aromatic carbocycles. The Hall–Kier alpha value is -0.750. The molecule has 1 aliphatic heterocycles. The Labute approximate surface area is 87.0 Å². The number of hydrogen-bond donors (Lipinski definition) is 2. The highest BCUT2D eigenvalue weighted by Crippen LogP contribution is 2.27. The highest BCUT2D eigenvalue weighted by molar-refractivity contribution is 5.72. The summed E-state index contributed by atoms with van der Waals surface area (Å²) in [5, 5.41) is 8.53. The van der Waals surface area contributed by atoms with E-state index in [-0.39, 0.29) is 12.8 Å². The third-order valence-electron chi connectivity index (χ3n) is 2.66. The molecule has 1 fully saturated rings. The number of alkyl halides is 2. The first kappa shape index (κ1) is 12.3. The molecule has 1 atom stereocenters. The first-order valence-electron chi connectivity index (χ1n) is 4.99. The molecular formula is C9H16F2N2O2. The number of carboxylic acid groups (broad SMARTS) is 1. The van der Waals surface area contributed by atoms with Crippen LogP contribution in [-0.2, 0) is 4.79 Å². The van der Waals surface area contributed by atoms with E-state index in [0.717, 1.165) is 0 Å². The van der Waals surface area contributed by atoms with Crippen LogP contribution in [0.2, 0.25) is 0 Å². The molecule has 1 saturated heterocycles. The minimum absolute atomic E-state index is 0.144. The molecule has 0 amide bonds. The van der Waals surface area contributed by atoms with Crippen LogP contribution < -0.4 is 5.73 Å². The standard InChI is InChI=1S/C9H16F2N2O2/c10-9(11)2-5-13(6-3-9)4-1-7(12)8(14)15/h7H,1-6,12H2,(H,14,15)/t7-/m0/s1. The van der Waals surface area contributed by atoms with Crippen LogP contribution in [-0.4, -0.2) is 47.6 Å². The summed E-state index contributed by atoms with van der Waals surface area (Å²) in [6.45, 7) is 1.11. The van der Waals surface area contributed by atoms with E-state index in [9.17, 15) is 13.6 Å². The summed E-state index contributed by atoms with van der Waals surface area (Å²) in [6.07, 6.45) is 0.0194. The van der Waals surface area contributed by atoms with Gasteiger partial charge in [-0.15, -0.1) is 0 Å². The lowest BCUT2D eigenvalue weighted by atomic mass is 10.1. The molecule has 0 unspecified atom stereocenters. The zero-order valence-electron chi connectivity index (χ0n) is 8.46. The van der Waals surface area contributed by atoms with Crippen LogP contribution in [0.1, 0.15) is 19.3 Å². The molecule has 0 saturated carbocycles. The van der Waals surface area contributed by atoms with Crippen molar-refractivity contribution in [3.8, 4) is 0 Å². The number of halogens is 2. The monoisotopic (exact) mass is 222 g/mol. The largest absolute Gasteiger partial charge is 0.480 e. The Morgan fingerprint density at radius 2 is 2.00 bits per heavy atom. The van der Waals surface area contributed by atoms with Gasteiger partial charge in [0.15, 0.2) is 0 Å². The molecule has 0 bridgehead atoms. The van der Waals surface area contributed by atoms with Gasteiger partial charge in [0.2, 0.25) is 0 Å². The second-order valence-corrected chi connectivity index (χ2v) is 3.93. The minimum Gasteiger partial charge on any atom is -0.480 e. The quantitative estimate of drug-likeness (QED) is 0.727. The molecule has 6 heteroatoms. The maximum Gasteiger partial charge on any atom is 0.320 e. The van der Waals surface area contributed by atoms with E-state index in [1.165, 1.54) is 0 Å². The van der Waals surface area contributed by atoms with Crippen molar-refractivity contribution in [1.29, 1.82) is 0 Å². The van der Waals surface area contributed by atoms with Gasteiger partial charge < -0.3 is 15.7 Å². The van der Waals surface area contributed by atoms with Crippen molar-refractivity contribution < 1.29 is 18.7 Å². The summed E-state index contributed by atoms with van der Waals surface area (Å²) in [7, 11) is 0. The van der Waals surface area contributed by atoms with E-state index >= 15 is 0 Å². The van der Waals surface area contributed by atoms with Crippen LogP contribution in [0.4, 0.5) is 8.78 Å². The summed E-state index contributed by atoms with van der Waals surface area (Å²) in [6, 6.07) is -0.896. The van der Waals surface area contributed by atoms with Crippen LogP contribution in [0.5, 0.6) is 0 Å². The van der Waals surface area contributed by atoms with E-state index in [0.29, 0.717) is 26.1 Å². The van der Waals surface area contributed by atoms with Crippen molar-refractivity contribution in [1.82, 2.24) is 4.90 Å². The first-order valence-corrected chi connectivity index (χ1v) is 4.99. The van der Waals surface area contributed by atoms with E-state index < -0.39 is 17.9 Å². The summed E-state index contributed by atoms with van der Waals surface area (Å²) in [4.78, 5) is 12.2. The van der Waals surface area contributed by atoms with Gasteiger partial charge in [0, 0.05) is 32.5 Å². The van der Waals surface area contributed by atoms with Gasteiger partial charge in [0.25, 0.3) is 5.92 Å². The molecule has 15 heavy (non-hydrogen) atoms. The van der Waals surface area contributed by atoms with E-state index in [4.69, 9.17) is 10.8 Å². The zero-order valence-corrected chi connectivity index (χ0v) is 8.46. The maximum atomic E-state index is 12.8. The molecule has 0 aliphatic carbocycles. The zero-order chi connectivity index (χ0) is 11.5. The number of carboxylic acids is 1. The van der Waals surface area contributed by atoms with E-state index in [1.807, 2.05) is 4.90 Å². The molecule has 0 radical (unpaired) electrons. The number of hydrogen-bond acceptors (Lipinski definition) is 3. The maximum absolute atomic E-state index is 12.8. The lowest BCUT2D eigenvalue weighted by Gasteiger charge is -2.31. The van der Waals surface area contributed by atoms with Crippen molar-refractivity contribution >= 4 is 5.97 Å². The molecule has 0 aromatic rings. The second kappa shape index (κ2) is 4.85. The van der Waals surface area contributed by atoms with Crippen LogP contribution in [0.25, 0.3) is 0 Å². The normalized spacial score (nSPS) is 23.7. The highest BCUT2D eigenvalue weighted by Gasteiger charge is 2.33. The fourth-order valence-corrected chi connectivity index (χ4v) is 1.55. The van der Waals surface area contributed by atoms with Gasteiger partial charge in [0.1, 0.15) is 6.04 Å². The Balaban J connectivity index is 2.22. The average Bonchev–Trinajstić information content (AvgIpc) is 2.15. The third-order valence-corrected chi connectivity index (χ3v) is 2.66. The Kier molecular flexibility index (Phi) is 3.98. The molecule has 0 spiro atoms. The Morgan fingerprint density at radius 1 is 1.47 bits per heavy atom. The Bertz CT molecular complexity index is 226. The van der Waals surface area contributed by atoms with E-state index in [2.05, 4.69) is 0 Å². The van der Waals surface area contributed by atoms with E-state index in [1.54, 1.807) is 0 Å². The number of carbonyl (C=O) groups is 1. The van der Waals surface area contributed by atoms with Gasteiger partial charge in [-0.2, -0.15) is 0 Å². The Morgan fingerprint density at radius 3 is 2.47 bits per heavy atom. The predicted molar refractivity (Wildman–Crippen MR) is 50.8 cm³/mol. The third kappa shape index (κ3) is 4.09. The second-order valence-electron chi connectivity index (χ2n) is 3.93. The van der Waals surface area contributed by atoms with Gasteiger partial charge in [-0.05, 0) is 6.42 Å². The van der Waals surface area contributed by atoms with Crippen molar-refractivity contribution in [2.75, 3.05) is 19.6 Å². The van der Waals surface area contributed by atoms with Gasteiger partial charge in [-0.1, -0.05) is 0 Å². The molecule has 4 nitrogen and oxygen atoms in total. The molecule has 1 aliphatic rings. The van der Waals surface area contributed by atoms with Crippen molar-refractivity contribution in [2.24, 2.45) is 5.73 Å². The number of rotatable bonds is 4. The van der Waals surface area contributed by atoms with Gasteiger partial charge in [0.05, 0.1) is 0 Å². The first-order chi connectivity index (χ1) is 6.91. The van der Waals surface area contributed by atoms with Crippen molar-refractivity contribution in [3.63, 3.8) is 0 Å². The van der Waals surface area contributed by atoms with Crippen molar-refractivity contribution in [3.05, 3.63) is 0 Å². The SMILES string of the molecule is N[C@@H](CCN1CCC(F)(F)CC1)C(=O)O. The summed E-state index contributed by atoms with van der Waals surface area (Å²) < 4.78 is 25.5. The van der Waals surface area contributed by atoms with Crippen LogP contribution in [0, 0.1) is 0 Å². The van der Waals surface area contributed by atoms with Gasteiger partial charge in [-0.3, -0.25) is 4.79 Å². The van der Waals surface area contributed by atoms with Gasteiger partial charge in [-0.25, -0.2) is 8.78 Å². The number of nitrogens with zero attached hydrogens (tertiary/aromatic N) is 1. The van der Waals surface area contributed by atoms with Gasteiger partial charge >= 0.3 is 5.97 Å². The van der Waals surface area contributed by atoms with Crippen LogP contribution >= 0.6 is 0 Å². The number of nitrogens with two attached hydrogens (primary N) is 1. The summed E-state index contributed by atoms with van der Waals surface area (Å²) in [5.74, 6) is -3.59. The van der Waals surface area contributed by atoms with Crippen molar-refractivity contribution in [2.45, 2.75) is 31.2 Å². The molecule has 88 valence electrons. The fourth-order valence-electron chi connectivity index (χ4n) is 1.55. The van der Waals surface area contributed by atoms with Crippen LogP contribution in [0.15, 0.2) is 0 Å². The smallest absolute Gasteiger partial charge is 0.320 e. The molecule has 3 N–H and O–H groups in total. The molecule has 1 heterocycles. The summed E-state index contributed by atoms with van der Waals surface area (Å²) in [5.41, 5.74) is 5.31. The molecule has 1 rings (SSSR count). The minimum atomic E-state index is -2.55. The lowest BCUT2D eigenvalue weighted by Crippen LogP contribution is -2.42. The highest BCUT2D eigenvalue weighted by atomic mass is 19.3. The molecule has 0 aromatic heterocycles. The van der Waals surface area contributed by atoms with Crippen LogP contribution in [0.3, 0.4) is 0 Å².